The number of aromatic nitrogens is 2. The molecular weight excluding hydrogens is 240 g/mol. The summed E-state index contributed by atoms with van der Waals surface area (Å²) in [4.78, 5) is 9.68. The van der Waals surface area contributed by atoms with E-state index in [4.69, 9.17) is 4.74 Å². The van der Waals surface area contributed by atoms with Gasteiger partial charge in [0.15, 0.2) is 0 Å². The molecule has 0 radical (unpaired) electrons. The topological polar surface area (TPSA) is 38.2 Å². The predicted octanol–water partition coefficient (Wildman–Crippen LogP) is 2.64. The van der Waals surface area contributed by atoms with E-state index in [1.165, 1.54) is 7.11 Å². The summed E-state index contributed by atoms with van der Waals surface area (Å²) in [5.41, 5.74) is 0.376. The van der Waals surface area contributed by atoms with Crippen LogP contribution in [0, 0.1) is 5.82 Å². The van der Waals surface area contributed by atoms with Crippen LogP contribution < -0.4 is 9.64 Å². The van der Waals surface area contributed by atoms with E-state index in [1.54, 1.807) is 19.0 Å². The molecule has 0 bridgehead atoms. The molecule has 0 saturated heterocycles. The Kier molecular flexibility index (Phi) is 10.8. The maximum Gasteiger partial charge on any atom is 0.255 e. The first-order chi connectivity index (χ1) is 8.60. The molecule has 4 nitrogen and oxygen atoms in total. The molecule has 0 amide bonds. The highest BCUT2D eigenvalue weighted by molar-refractivity contribution is 5.33. The van der Waals surface area contributed by atoms with Crippen LogP contribution in [0.25, 0.3) is 0 Å². The normalized spacial score (nSPS) is 8.39. The van der Waals surface area contributed by atoms with Gasteiger partial charge < -0.3 is 9.64 Å². The van der Waals surface area contributed by atoms with E-state index in [2.05, 4.69) is 23.1 Å². The molecule has 0 aliphatic heterocycles. The second-order valence-corrected chi connectivity index (χ2v) is 3.04. The number of ether oxygens (including phenoxy) is 1. The third kappa shape index (κ3) is 5.07. The van der Waals surface area contributed by atoms with Gasteiger partial charge in [0.25, 0.3) is 5.88 Å². The highest BCUT2D eigenvalue weighted by Crippen LogP contribution is 2.19. The zero-order chi connectivity index (χ0) is 14.7. The second kappa shape index (κ2) is 10.4. The molecule has 0 spiro atoms. The zero-order valence-electron chi connectivity index (χ0n) is 11.6. The van der Waals surface area contributed by atoms with Crippen LogP contribution in [0.3, 0.4) is 0 Å². The lowest BCUT2D eigenvalue weighted by Crippen LogP contribution is -2.15. The highest BCUT2D eigenvalue weighted by atomic mass is 19.1. The lowest BCUT2D eigenvalue weighted by Gasteiger charge is -2.13. The Hall–Kier alpha value is -1.72. The fourth-order valence-electron chi connectivity index (χ4n) is 1.03. The molecule has 0 aromatic carbocycles. The third-order valence-corrected chi connectivity index (χ3v) is 1.81. The summed E-state index contributed by atoms with van der Waals surface area (Å²) >= 11 is 0. The quantitative estimate of drug-likeness (QED) is 0.784. The van der Waals surface area contributed by atoms with Crippen molar-refractivity contribution in [2.45, 2.75) is 13.3 Å². The Labute approximate surface area is 107 Å². The number of aryl methyl sites for hydroxylation is 1. The van der Waals surface area contributed by atoms with Crippen molar-refractivity contribution in [3.63, 3.8) is 0 Å². The summed E-state index contributed by atoms with van der Waals surface area (Å²) in [6, 6.07) is 0. The van der Waals surface area contributed by atoms with Crippen LogP contribution in [0.4, 0.5) is 14.7 Å². The monoisotopic (exact) mass is 261 g/mol. The molecule has 0 unspecified atom stereocenters. The molecule has 0 N–H and O–H groups in total. The van der Waals surface area contributed by atoms with Crippen LogP contribution in [0.15, 0.2) is 13.2 Å². The highest BCUT2D eigenvalue weighted by Gasteiger charge is 2.14. The van der Waals surface area contributed by atoms with Crippen molar-refractivity contribution in [2.24, 2.45) is 0 Å². The van der Waals surface area contributed by atoms with Crippen molar-refractivity contribution in [1.82, 2.24) is 9.97 Å². The molecule has 0 aliphatic carbocycles. The SMILES string of the molecule is C=C.CCc1nc(N(C)C)nc(OC)c1F.CF. The summed E-state index contributed by atoms with van der Waals surface area (Å²) < 4.78 is 27.8. The number of methoxy groups -OCH3 is 1. The predicted molar refractivity (Wildman–Crippen MR) is 70.5 cm³/mol. The minimum atomic E-state index is -0.472. The van der Waals surface area contributed by atoms with Crippen molar-refractivity contribution < 1.29 is 13.5 Å². The van der Waals surface area contributed by atoms with Gasteiger partial charge in [-0.15, -0.1) is 13.2 Å². The van der Waals surface area contributed by atoms with Gasteiger partial charge in [0, 0.05) is 14.1 Å². The van der Waals surface area contributed by atoms with E-state index in [0.717, 1.165) is 0 Å². The van der Waals surface area contributed by atoms with Gasteiger partial charge in [0.05, 0.1) is 20.0 Å². The number of rotatable bonds is 3. The minimum Gasteiger partial charge on any atom is -0.479 e. The van der Waals surface area contributed by atoms with E-state index < -0.39 is 5.82 Å². The molecule has 1 rings (SSSR count). The van der Waals surface area contributed by atoms with Crippen LogP contribution in [0.5, 0.6) is 5.88 Å². The number of alkyl halides is 1. The summed E-state index contributed by atoms with van der Waals surface area (Å²) in [7, 11) is 5.49. The molecule has 0 atom stereocenters. The summed E-state index contributed by atoms with van der Waals surface area (Å²) in [5, 5.41) is 0. The molecule has 0 aliphatic rings. The van der Waals surface area contributed by atoms with E-state index in [-0.39, 0.29) is 5.88 Å². The van der Waals surface area contributed by atoms with Gasteiger partial charge in [-0.05, 0) is 6.42 Å². The number of hydrogen-bond donors (Lipinski definition) is 0. The number of nitrogens with zero attached hydrogens (tertiary/aromatic N) is 3. The third-order valence-electron chi connectivity index (χ3n) is 1.81. The van der Waals surface area contributed by atoms with Crippen LogP contribution in [0.1, 0.15) is 12.6 Å². The van der Waals surface area contributed by atoms with Gasteiger partial charge in [-0.2, -0.15) is 9.37 Å². The first-order valence-corrected chi connectivity index (χ1v) is 5.25. The van der Waals surface area contributed by atoms with E-state index >= 15 is 0 Å². The lowest BCUT2D eigenvalue weighted by molar-refractivity contribution is 0.364. The second-order valence-electron chi connectivity index (χ2n) is 3.04. The number of halogens is 2. The lowest BCUT2D eigenvalue weighted by atomic mass is 10.3. The maximum atomic E-state index is 13.4. The summed E-state index contributed by atoms with van der Waals surface area (Å²) in [6.07, 6.45) is 0.519. The van der Waals surface area contributed by atoms with Crippen molar-refractivity contribution >= 4 is 5.95 Å². The van der Waals surface area contributed by atoms with Gasteiger partial charge in [-0.25, -0.2) is 4.98 Å². The fourth-order valence-corrected chi connectivity index (χ4v) is 1.03. The van der Waals surface area contributed by atoms with Crippen molar-refractivity contribution in [3.05, 3.63) is 24.7 Å². The molecule has 104 valence electrons. The van der Waals surface area contributed by atoms with Crippen LogP contribution >= 0.6 is 0 Å². The van der Waals surface area contributed by atoms with Crippen molar-refractivity contribution in [3.8, 4) is 5.88 Å². The molecule has 0 saturated carbocycles. The summed E-state index contributed by atoms with van der Waals surface area (Å²) in [5.74, 6) is -0.0127. The molecule has 1 heterocycles. The average molecular weight is 261 g/mol. The van der Waals surface area contributed by atoms with Crippen LogP contribution in [-0.2, 0) is 6.42 Å². The first kappa shape index (κ1) is 18.6. The minimum absolute atomic E-state index is 0.000509. The molecule has 0 fully saturated rings. The number of hydrogen-bond acceptors (Lipinski definition) is 4. The average Bonchev–Trinajstić information content (AvgIpc) is 2.43. The zero-order valence-corrected chi connectivity index (χ0v) is 11.6. The Morgan fingerprint density at radius 2 is 1.72 bits per heavy atom. The van der Waals surface area contributed by atoms with Gasteiger partial charge in [-0.3, -0.25) is 4.39 Å². The van der Waals surface area contributed by atoms with E-state index in [9.17, 15) is 8.78 Å². The Balaban J connectivity index is 0. The number of anilines is 1. The molecule has 18 heavy (non-hydrogen) atoms. The van der Waals surface area contributed by atoms with E-state index in [0.29, 0.717) is 25.2 Å². The van der Waals surface area contributed by atoms with Gasteiger partial charge >= 0.3 is 0 Å². The van der Waals surface area contributed by atoms with Crippen LogP contribution in [0.2, 0.25) is 0 Å². The maximum absolute atomic E-state index is 13.4. The van der Waals surface area contributed by atoms with E-state index in [1.807, 2.05) is 6.92 Å². The smallest absolute Gasteiger partial charge is 0.255 e. The molecule has 1 aromatic heterocycles. The summed E-state index contributed by atoms with van der Waals surface area (Å²) in [6.45, 7) is 7.84. The Morgan fingerprint density at radius 1 is 1.22 bits per heavy atom. The molecule has 6 heteroatoms. The Morgan fingerprint density at radius 3 is 2.06 bits per heavy atom. The molecular formula is C12H21F2N3O. The standard InChI is InChI=1S/C9H14FN3O.C2H4.CH3F/c1-5-6-7(10)8(14-4)12-9(11-6)13(2)3;2*1-2/h5H2,1-4H3;1-2H2;1H3. The first-order valence-electron chi connectivity index (χ1n) is 5.25. The van der Waals surface area contributed by atoms with Gasteiger partial charge in [0.1, 0.15) is 0 Å². The van der Waals surface area contributed by atoms with Gasteiger partial charge in [-0.1, -0.05) is 6.92 Å². The fraction of sp³-hybridized carbons (Fsp3) is 0.500. The largest absolute Gasteiger partial charge is 0.479 e. The van der Waals surface area contributed by atoms with Gasteiger partial charge in [0.2, 0.25) is 11.8 Å². The van der Waals surface area contributed by atoms with Crippen molar-refractivity contribution in [1.29, 1.82) is 0 Å². The van der Waals surface area contributed by atoms with Crippen LogP contribution in [-0.4, -0.2) is 38.4 Å². The molecule has 1 aromatic rings. The Bertz CT molecular complexity index is 321. The van der Waals surface area contributed by atoms with Crippen molar-refractivity contribution in [2.75, 3.05) is 33.3 Å².